The number of rotatable bonds is 1. The van der Waals surface area contributed by atoms with Crippen LogP contribution in [-0.4, -0.2) is 11.5 Å². The van der Waals surface area contributed by atoms with E-state index < -0.39 is 0 Å². The molecule has 0 aliphatic rings. The summed E-state index contributed by atoms with van der Waals surface area (Å²) in [6.07, 6.45) is 0.571. The molecule has 14 heavy (non-hydrogen) atoms. The molecule has 1 aromatic heterocycles. The zero-order valence-electron chi connectivity index (χ0n) is 7.18. The molecule has 0 radical (unpaired) electrons. The van der Waals surface area contributed by atoms with Crippen molar-refractivity contribution in [3.8, 4) is 0 Å². The van der Waals surface area contributed by atoms with Crippen molar-refractivity contribution in [2.75, 3.05) is 0 Å². The fourth-order valence-corrected chi connectivity index (χ4v) is 1.28. The topological polar surface area (TPSA) is 62.8 Å². The average Bonchev–Trinajstić information content (AvgIpc) is 2.27. The summed E-state index contributed by atoms with van der Waals surface area (Å²) in [6.45, 7) is 0. The molecule has 0 atom stereocenters. The molecule has 2 aromatic rings. The summed E-state index contributed by atoms with van der Waals surface area (Å²) >= 11 is 0. The molecule has 0 fully saturated rings. The average molecular weight is 189 g/mol. The third-order valence-electron chi connectivity index (χ3n) is 1.89. The Labute approximate surface area is 79.1 Å². The van der Waals surface area contributed by atoms with Crippen LogP contribution in [0.1, 0.15) is 10.6 Å². The molecule has 0 unspecified atom stereocenters. The van der Waals surface area contributed by atoms with Gasteiger partial charge < -0.3 is 9.62 Å². The Balaban J connectivity index is 2.94. The molecule has 0 amide bonds. The molecule has 2 rings (SSSR count). The second-order valence-electron chi connectivity index (χ2n) is 2.75. The number of benzene rings is 1. The number of para-hydroxylation sites is 1. The summed E-state index contributed by atoms with van der Waals surface area (Å²) in [7, 11) is 0. The van der Waals surface area contributed by atoms with Crippen LogP contribution in [0, 0.1) is 0 Å². The van der Waals surface area contributed by atoms with E-state index in [1.807, 2.05) is 0 Å². The number of fused-ring (bicyclic) bond motifs is 1. The standard InChI is InChI=1S/C10H7NO3/c12-6-7-5-9(11-13)8-3-1-2-4-10(8)14-7/h1-6,13H. The number of carbonyl (C=O) groups is 1. The third kappa shape index (κ3) is 1.26. The normalized spacial score (nSPS) is 11.9. The fraction of sp³-hybridized carbons (Fsp3) is 0. The number of hydrogen-bond acceptors (Lipinski definition) is 4. The number of hydrogen-bond donors (Lipinski definition) is 1. The van der Waals surface area contributed by atoms with Crippen molar-refractivity contribution in [1.82, 2.24) is 0 Å². The largest absolute Gasteiger partial charge is 0.453 e. The first-order chi connectivity index (χ1) is 6.85. The van der Waals surface area contributed by atoms with Crippen LogP contribution in [0.3, 0.4) is 0 Å². The first kappa shape index (κ1) is 8.50. The molecule has 0 spiro atoms. The number of aldehydes is 1. The van der Waals surface area contributed by atoms with E-state index in [4.69, 9.17) is 9.62 Å². The lowest BCUT2D eigenvalue weighted by Gasteiger charge is -1.97. The molecular weight excluding hydrogens is 182 g/mol. The van der Waals surface area contributed by atoms with Crippen LogP contribution < -0.4 is 5.36 Å². The van der Waals surface area contributed by atoms with Gasteiger partial charge in [0.15, 0.2) is 12.0 Å². The van der Waals surface area contributed by atoms with Gasteiger partial charge >= 0.3 is 0 Å². The van der Waals surface area contributed by atoms with E-state index in [0.717, 1.165) is 0 Å². The van der Waals surface area contributed by atoms with Gasteiger partial charge in [-0.25, -0.2) is 0 Å². The molecule has 1 N–H and O–H groups in total. The molecule has 1 heterocycles. The smallest absolute Gasteiger partial charge is 0.185 e. The lowest BCUT2D eigenvalue weighted by atomic mass is 10.2. The molecule has 70 valence electrons. The minimum absolute atomic E-state index is 0.136. The molecule has 0 aliphatic heterocycles. The second-order valence-corrected chi connectivity index (χ2v) is 2.75. The maximum absolute atomic E-state index is 10.5. The van der Waals surface area contributed by atoms with Crippen LogP contribution in [0.25, 0.3) is 11.0 Å². The van der Waals surface area contributed by atoms with Crippen molar-refractivity contribution < 1.29 is 14.4 Å². The highest BCUT2D eigenvalue weighted by atomic mass is 16.4. The van der Waals surface area contributed by atoms with E-state index in [0.29, 0.717) is 22.6 Å². The molecule has 0 aliphatic carbocycles. The first-order valence-corrected chi connectivity index (χ1v) is 4.01. The van der Waals surface area contributed by atoms with Crippen molar-refractivity contribution in [1.29, 1.82) is 0 Å². The van der Waals surface area contributed by atoms with E-state index in [1.165, 1.54) is 6.07 Å². The fourth-order valence-electron chi connectivity index (χ4n) is 1.28. The van der Waals surface area contributed by atoms with Crippen LogP contribution in [-0.2, 0) is 0 Å². The predicted octanol–water partition coefficient (Wildman–Crippen LogP) is 1.54. The monoisotopic (exact) mass is 189 g/mol. The van der Waals surface area contributed by atoms with E-state index >= 15 is 0 Å². The lowest BCUT2D eigenvalue weighted by molar-refractivity contribution is 0.110. The number of nitrogens with zero attached hydrogens (tertiary/aromatic N) is 1. The van der Waals surface area contributed by atoms with Crippen LogP contribution >= 0.6 is 0 Å². The maximum Gasteiger partial charge on any atom is 0.185 e. The lowest BCUT2D eigenvalue weighted by Crippen LogP contribution is -2.03. The highest BCUT2D eigenvalue weighted by Gasteiger charge is 2.01. The molecular formula is C10H7NO3. The second kappa shape index (κ2) is 3.33. The summed E-state index contributed by atoms with van der Waals surface area (Å²) in [5.41, 5.74) is 0.518. The van der Waals surface area contributed by atoms with Gasteiger partial charge in [0, 0.05) is 11.5 Å². The van der Waals surface area contributed by atoms with Gasteiger partial charge in [-0.2, -0.15) is 0 Å². The number of carbonyl (C=O) groups excluding carboxylic acids is 1. The van der Waals surface area contributed by atoms with E-state index in [9.17, 15) is 4.79 Å². The SMILES string of the molecule is O=Cc1cc(=NO)c2ccccc2o1. The highest BCUT2D eigenvalue weighted by molar-refractivity contribution is 5.80. The Bertz CT molecular complexity index is 542. The van der Waals surface area contributed by atoms with Crippen LogP contribution in [0.5, 0.6) is 0 Å². The zero-order chi connectivity index (χ0) is 9.97. The van der Waals surface area contributed by atoms with E-state index in [-0.39, 0.29) is 5.76 Å². The molecule has 0 bridgehead atoms. The van der Waals surface area contributed by atoms with Gasteiger partial charge in [0.1, 0.15) is 10.9 Å². The Morgan fingerprint density at radius 2 is 2.14 bits per heavy atom. The van der Waals surface area contributed by atoms with Gasteiger partial charge in [-0.05, 0) is 12.1 Å². The summed E-state index contributed by atoms with van der Waals surface area (Å²) < 4.78 is 5.21. The Hall–Kier alpha value is -2.10. The molecule has 4 nitrogen and oxygen atoms in total. The molecule has 4 heteroatoms. The Kier molecular flexibility index (Phi) is 2.02. The summed E-state index contributed by atoms with van der Waals surface area (Å²) in [5, 5.41) is 12.8. The third-order valence-corrected chi connectivity index (χ3v) is 1.89. The summed E-state index contributed by atoms with van der Waals surface area (Å²) in [4.78, 5) is 10.5. The minimum Gasteiger partial charge on any atom is -0.453 e. The highest BCUT2D eigenvalue weighted by Crippen LogP contribution is 2.10. The molecule has 0 saturated carbocycles. The van der Waals surface area contributed by atoms with E-state index in [2.05, 4.69) is 5.16 Å². The Morgan fingerprint density at radius 1 is 1.36 bits per heavy atom. The van der Waals surface area contributed by atoms with Gasteiger partial charge in [0.05, 0.1) is 0 Å². The van der Waals surface area contributed by atoms with E-state index in [1.54, 1.807) is 24.3 Å². The predicted molar refractivity (Wildman–Crippen MR) is 49.0 cm³/mol. The first-order valence-electron chi connectivity index (χ1n) is 4.01. The van der Waals surface area contributed by atoms with Crippen molar-refractivity contribution in [3.63, 3.8) is 0 Å². The maximum atomic E-state index is 10.5. The van der Waals surface area contributed by atoms with Gasteiger partial charge in [-0.3, -0.25) is 4.79 Å². The van der Waals surface area contributed by atoms with Crippen LogP contribution in [0.2, 0.25) is 0 Å². The van der Waals surface area contributed by atoms with Crippen molar-refractivity contribution in [3.05, 3.63) is 41.4 Å². The minimum atomic E-state index is 0.136. The quantitative estimate of drug-likeness (QED) is 0.420. The molecule has 1 aromatic carbocycles. The summed E-state index contributed by atoms with van der Waals surface area (Å²) in [6, 6.07) is 8.42. The molecule has 0 saturated heterocycles. The van der Waals surface area contributed by atoms with Crippen molar-refractivity contribution in [2.45, 2.75) is 0 Å². The van der Waals surface area contributed by atoms with Crippen molar-refractivity contribution >= 4 is 17.3 Å². The van der Waals surface area contributed by atoms with Gasteiger partial charge in [0.2, 0.25) is 0 Å². The van der Waals surface area contributed by atoms with Gasteiger partial charge in [-0.15, -0.1) is 0 Å². The van der Waals surface area contributed by atoms with Gasteiger partial charge in [-0.1, -0.05) is 17.3 Å². The zero-order valence-corrected chi connectivity index (χ0v) is 7.18. The van der Waals surface area contributed by atoms with Crippen LogP contribution in [0.15, 0.2) is 39.9 Å². The Morgan fingerprint density at radius 3 is 2.86 bits per heavy atom. The van der Waals surface area contributed by atoms with Gasteiger partial charge in [0.25, 0.3) is 0 Å². The van der Waals surface area contributed by atoms with Crippen LogP contribution in [0.4, 0.5) is 0 Å². The van der Waals surface area contributed by atoms with Crippen molar-refractivity contribution in [2.24, 2.45) is 5.16 Å². The summed E-state index contributed by atoms with van der Waals surface area (Å²) in [5.74, 6) is 0.136.